The number of amides is 1. The summed E-state index contributed by atoms with van der Waals surface area (Å²) in [5.41, 5.74) is -0.352. The Hall–Kier alpha value is -1.57. The molecular formula is C12H7F2IN2O. The van der Waals surface area contributed by atoms with Crippen LogP contribution >= 0.6 is 22.6 Å². The van der Waals surface area contributed by atoms with E-state index in [1.54, 1.807) is 18.3 Å². The Morgan fingerprint density at radius 1 is 1.22 bits per heavy atom. The molecule has 0 fully saturated rings. The van der Waals surface area contributed by atoms with Crippen LogP contribution in [0.5, 0.6) is 0 Å². The van der Waals surface area contributed by atoms with Gasteiger partial charge in [-0.15, -0.1) is 0 Å². The number of carbonyl (C=O) groups is 1. The summed E-state index contributed by atoms with van der Waals surface area (Å²) in [5.74, 6) is -1.90. The van der Waals surface area contributed by atoms with Gasteiger partial charge in [-0.1, -0.05) is 0 Å². The Kier molecular flexibility index (Phi) is 3.85. The number of hydrogen-bond acceptors (Lipinski definition) is 2. The predicted molar refractivity (Wildman–Crippen MR) is 71.3 cm³/mol. The number of pyridine rings is 1. The SMILES string of the molecule is O=C(Nc1ccc(I)cn1)c1cc(F)ccc1F. The van der Waals surface area contributed by atoms with Gasteiger partial charge in [0, 0.05) is 9.77 Å². The second-order valence-electron chi connectivity index (χ2n) is 3.44. The van der Waals surface area contributed by atoms with Gasteiger partial charge >= 0.3 is 0 Å². The minimum absolute atomic E-state index is 0.282. The third-order valence-electron chi connectivity index (χ3n) is 2.14. The van der Waals surface area contributed by atoms with Crippen LogP contribution in [0.1, 0.15) is 10.4 Å². The Morgan fingerprint density at radius 3 is 2.67 bits per heavy atom. The van der Waals surface area contributed by atoms with Crippen molar-refractivity contribution in [1.82, 2.24) is 4.98 Å². The van der Waals surface area contributed by atoms with E-state index in [-0.39, 0.29) is 11.4 Å². The van der Waals surface area contributed by atoms with E-state index >= 15 is 0 Å². The average molecular weight is 360 g/mol. The van der Waals surface area contributed by atoms with Crippen molar-refractivity contribution in [3.8, 4) is 0 Å². The van der Waals surface area contributed by atoms with Gasteiger partial charge in [-0.3, -0.25) is 4.79 Å². The summed E-state index contributed by atoms with van der Waals surface area (Å²) in [6.07, 6.45) is 1.55. The van der Waals surface area contributed by atoms with Gasteiger partial charge in [0.25, 0.3) is 5.91 Å². The van der Waals surface area contributed by atoms with E-state index in [0.717, 1.165) is 21.8 Å². The fourth-order valence-corrected chi connectivity index (χ4v) is 1.62. The summed E-state index contributed by atoms with van der Waals surface area (Å²) < 4.78 is 27.2. The highest BCUT2D eigenvalue weighted by Crippen LogP contribution is 2.13. The zero-order valence-corrected chi connectivity index (χ0v) is 11.1. The predicted octanol–water partition coefficient (Wildman–Crippen LogP) is 3.22. The van der Waals surface area contributed by atoms with E-state index in [1.807, 2.05) is 0 Å². The summed E-state index contributed by atoms with van der Waals surface area (Å²) in [6.45, 7) is 0. The van der Waals surface area contributed by atoms with Gasteiger partial charge in [0.2, 0.25) is 0 Å². The molecule has 1 aromatic heterocycles. The fraction of sp³-hybridized carbons (Fsp3) is 0. The molecule has 0 aliphatic carbocycles. The summed E-state index contributed by atoms with van der Waals surface area (Å²) in [5, 5.41) is 2.39. The molecule has 0 aliphatic rings. The molecule has 6 heteroatoms. The molecule has 3 nitrogen and oxygen atoms in total. The highest BCUT2D eigenvalue weighted by Gasteiger charge is 2.13. The molecule has 0 aliphatic heterocycles. The van der Waals surface area contributed by atoms with E-state index in [2.05, 4.69) is 32.9 Å². The number of rotatable bonds is 2. The quantitative estimate of drug-likeness (QED) is 0.836. The lowest BCUT2D eigenvalue weighted by molar-refractivity contribution is 0.102. The molecule has 2 aromatic rings. The summed E-state index contributed by atoms with van der Waals surface area (Å²) in [7, 11) is 0. The van der Waals surface area contributed by atoms with Crippen molar-refractivity contribution in [2.24, 2.45) is 0 Å². The summed E-state index contributed by atoms with van der Waals surface area (Å²) in [6, 6.07) is 6.03. The Balaban J connectivity index is 2.21. The number of anilines is 1. The van der Waals surface area contributed by atoms with Crippen molar-refractivity contribution in [2.45, 2.75) is 0 Å². The number of benzene rings is 1. The highest BCUT2D eigenvalue weighted by molar-refractivity contribution is 14.1. The monoisotopic (exact) mass is 360 g/mol. The molecule has 0 atom stereocenters. The zero-order chi connectivity index (χ0) is 13.1. The molecule has 0 spiro atoms. The van der Waals surface area contributed by atoms with Gasteiger partial charge in [0.1, 0.15) is 17.5 Å². The van der Waals surface area contributed by atoms with E-state index < -0.39 is 17.5 Å². The molecule has 0 bridgehead atoms. The smallest absolute Gasteiger partial charge is 0.259 e. The first-order valence-electron chi connectivity index (χ1n) is 4.94. The first-order chi connectivity index (χ1) is 8.56. The van der Waals surface area contributed by atoms with Crippen molar-refractivity contribution in [3.63, 3.8) is 0 Å². The van der Waals surface area contributed by atoms with Gasteiger partial charge < -0.3 is 5.32 Å². The number of aromatic nitrogens is 1. The molecule has 92 valence electrons. The minimum Gasteiger partial charge on any atom is -0.306 e. The second kappa shape index (κ2) is 5.38. The first kappa shape index (κ1) is 12.9. The highest BCUT2D eigenvalue weighted by atomic mass is 127. The third-order valence-corrected chi connectivity index (χ3v) is 2.78. The van der Waals surface area contributed by atoms with Crippen LogP contribution in [-0.4, -0.2) is 10.9 Å². The molecule has 18 heavy (non-hydrogen) atoms. The van der Waals surface area contributed by atoms with Crippen LogP contribution in [0.4, 0.5) is 14.6 Å². The fourth-order valence-electron chi connectivity index (χ4n) is 1.30. The van der Waals surface area contributed by atoms with Gasteiger partial charge in [-0.05, 0) is 52.9 Å². The maximum Gasteiger partial charge on any atom is 0.259 e. The van der Waals surface area contributed by atoms with Crippen LogP contribution in [0.2, 0.25) is 0 Å². The molecule has 0 saturated carbocycles. The molecule has 1 aromatic carbocycles. The molecule has 0 radical (unpaired) electrons. The van der Waals surface area contributed by atoms with E-state index in [9.17, 15) is 13.6 Å². The summed E-state index contributed by atoms with van der Waals surface area (Å²) in [4.78, 5) is 15.7. The standard InChI is InChI=1S/C12H7F2IN2O/c13-7-1-3-10(14)9(5-7)12(18)17-11-4-2-8(15)6-16-11/h1-6H,(H,16,17,18). The zero-order valence-electron chi connectivity index (χ0n) is 8.95. The lowest BCUT2D eigenvalue weighted by Gasteiger charge is -2.05. The van der Waals surface area contributed by atoms with E-state index in [4.69, 9.17) is 0 Å². The molecular weight excluding hydrogens is 353 g/mol. The first-order valence-corrected chi connectivity index (χ1v) is 6.02. The summed E-state index contributed by atoms with van der Waals surface area (Å²) >= 11 is 2.07. The number of halogens is 3. The van der Waals surface area contributed by atoms with Gasteiger partial charge in [0.15, 0.2) is 0 Å². The van der Waals surface area contributed by atoms with Crippen LogP contribution in [-0.2, 0) is 0 Å². The number of nitrogens with one attached hydrogen (secondary N) is 1. The van der Waals surface area contributed by atoms with Gasteiger partial charge in [-0.2, -0.15) is 0 Å². The number of hydrogen-bond donors (Lipinski definition) is 1. The minimum atomic E-state index is -0.778. The second-order valence-corrected chi connectivity index (χ2v) is 4.69. The molecule has 2 rings (SSSR count). The normalized spacial score (nSPS) is 10.2. The molecule has 0 saturated heterocycles. The van der Waals surface area contributed by atoms with Gasteiger partial charge in [0.05, 0.1) is 5.56 Å². The van der Waals surface area contributed by atoms with Crippen molar-refractivity contribution in [2.75, 3.05) is 5.32 Å². The third kappa shape index (κ3) is 3.00. The van der Waals surface area contributed by atoms with Crippen molar-refractivity contribution in [1.29, 1.82) is 0 Å². The average Bonchev–Trinajstić information content (AvgIpc) is 2.35. The van der Waals surface area contributed by atoms with Crippen molar-refractivity contribution in [3.05, 3.63) is 57.3 Å². The number of carbonyl (C=O) groups excluding carboxylic acids is 1. The van der Waals surface area contributed by atoms with E-state index in [0.29, 0.717) is 0 Å². The van der Waals surface area contributed by atoms with Gasteiger partial charge in [-0.25, -0.2) is 13.8 Å². The number of nitrogens with zero attached hydrogens (tertiary/aromatic N) is 1. The van der Waals surface area contributed by atoms with E-state index in [1.165, 1.54) is 0 Å². The topological polar surface area (TPSA) is 42.0 Å². The van der Waals surface area contributed by atoms with Crippen LogP contribution in [0.25, 0.3) is 0 Å². The van der Waals surface area contributed by atoms with Crippen LogP contribution < -0.4 is 5.32 Å². The van der Waals surface area contributed by atoms with Crippen LogP contribution in [0.15, 0.2) is 36.5 Å². The van der Waals surface area contributed by atoms with Crippen LogP contribution in [0.3, 0.4) is 0 Å². The lowest BCUT2D eigenvalue weighted by Crippen LogP contribution is -2.15. The molecule has 0 unspecified atom stereocenters. The molecule has 1 N–H and O–H groups in total. The maximum atomic E-state index is 13.3. The van der Waals surface area contributed by atoms with Crippen molar-refractivity contribution >= 4 is 34.3 Å². The largest absolute Gasteiger partial charge is 0.306 e. The maximum absolute atomic E-state index is 13.3. The Bertz CT molecular complexity index is 587. The Labute approximate surface area is 115 Å². The van der Waals surface area contributed by atoms with Crippen LogP contribution in [0, 0.1) is 15.2 Å². The lowest BCUT2D eigenvalue weighted by atomic mass is 10.2. The molecule has 1 heterocycles. The Morgan fingerprint density at radius 2 is 2.00 bits per heavy atom. The van der Waals surface area contributed by atoms with Crippen molar-refractivity contribution < 1.29 is 13.6 Å². The molecule has 1 amide bonds.